The van der Waals surface area contributed by atoms with E-state index in [1.165, 1.54) is 19.3 Å². The molecule has 0 radical (unpaired) electrons. The molecule has 0 bridgehead atoms. The Hall–Kier alpha value is -0.130. The van der Waals surface area contributed by atoms with Crippen LogP contribution in [0.15, 0.2) is 0 Å². The van der Waals surface area contributed by atoms with Gasteiger partial charge in [0.25, 0.3) is 0 Å². The van der Waals surface area contributed by atoms with Gasteiger partial charge in [-0.15, -0.1) is 0 Å². The van der Waals surface area contributed by atoms with Gasteiger partial charge in [-0.25, -0.2) is 13.1 Å². The van der Waals surface area contributed by atoms with Crippen LogP contribution in [0, 0.1) is 5.41 Å². The Morgan fingerprint density at radius 2 is 1.71 bits per heavy atom. The van der Waals surface area contributed by atoms with Gasteiger partial charge in [-0.05, 0) is 31.2 Å². The van der Waals surface area contributed by atoms with Crippen molar-refractivity contribution in [1.29, 1.82) is 0 Å². The monoisotopic (exact) mass is 320 g/mol. The van der Waals surface area contributed by atoms with Crippen LogP contribution in [0.3, 0.4) is 0 Å². The van der Waals surface area contributed by atoms with Gasteiger partial charge in [-0.3, -0.25) is 0 Å². The van der Waals surface area contributed by atoms with Gasteiger partial charge in [-0.1, -0.05) is 53.9 Å². The molecule has 128 valence electrons. The first kappa shape index (κ1) is 20.9. The Labute approximate surface area is 132 Å². The molecule has 0 saturated heterocycles. The average Bonchev–Trinajstić information content (AvgIpc) is 2.36. The molecule has 0 saturated carbocycles. The van der Waals surface area contributed by atoms with Crippen molar-refractivity contribution in [1.82, 2.24) is 10.0 Å². The molecule has 0 amide bonds. The summed E-state index contributed by atoms with van der Waals surface area (Å²) in [4.78, 5) is 0. The second kappa shape index (κ2) is 10.6. The molecule has 0 aliphatic rings. The Kier molecular flexibility index (Phi) is 10.5. The fourth-order valence-corrected chi connectivity index (χ4v) is 3.47. The summed E-state index contributed by atoms with van der Waals surface area (Å²) >= 11 is 0. The number of sulfonamides is 1. The minimum absolute atomic E-state index is 0.0431. The summed E-state index contributed by atoms with van der Waals surface area (Å²) in [5, 5.41) is 3.30. The van der Waals surface area contributed by atoms with E-state index in [2.05, 4.69) is 44.7 Å². The van der Waals surface area contributed by atoms with Crippen molar-refractivity contribution in [2.45, 2.75) is 79.2 Å². The predicted molar refractivity (Wildman–Crippen MR) is 92.1 cm³/mol. The van der Waals surface area contributed by atoms with Crippen LogP contribution < -0.4 is 10.0 Å². The standard InChI is InChI=1S/C16H36N2O2S/c1-6-7-8-11-16(4,5)14-18-21(19,20)13-10-9-12-17-15(2)3/h15,17-18H,6-14H2,1-5H3. The molecule has 0 unspecified atom stereocenters. The summed E-state index contributed by atoms with van der Waals surface area (Å²) < 4.78 is 26.7. The lowest BCUT2D eigenvalue weighted by Gasteiger charge is -2.24. The van der Waals surface area contributed by atoms with Crippen LogP contribution >= 0.6 is 0 Å². The maximum atomic E-state index is 12.0. The summed E-state index contributed by atoms with van der Waals surface area (Å²) in [6, 6.07) is 0.462. The molecule has 21 heavy (non-hydrogen) atoms. The van der Waals surface area contributed by atoms with Crippen molar-refractivity contribution in [2.24, 2.45) is 5.41 Å². The molecule has 0 rings (SSSR count). The Morgan fingerprint density at radius 3 is 2.29 bits per heavy atom. The fourth-order valence-electron chi connectivity index (χ4n) is 2.13. The van der Waals surface area contributed by atoms with Gasteiger partial charge >= 0.3 is 0 Å². The summed E-state index contributed by atoms with van der Waals surface area (Å²) in [5.74, 6) is 0.234. The summed E-state index contributed by atoms with van der Waals surface area (Å²) in [7, 11) is -3.12. The van der Waals surface area contributed by atoms with Crippen molar-refractivity contribution in [3.63, 3.8) is 0 Å². The number of nitrogens with one attached hydrogen (secondary N) is 2. The molecule has 0 heterocycles. The highest BCUT2D eigenvalue weighted by Crippen LogP contribution is 2.22. The van der Waals surface area contributed by atoms with Crippen LogP contribution in [0.1, 0.15) is 73.1 Å². The maximum absolute atomic E-state index is 12.0. The predicted octanol–water partition coefficient (Wildman–Crippen LogP) is 3.29. The van der Waals surface area contributed by atoms with Gasteiger partial charge < -0.3 is 5.32 Å². The van der Waals surface area contributed by atoms with E-state index < -0.39 is 10.0 Å². The van der Waals surface area contributed by atoms with Crippen molar-refractivity contribution in [2.75, 3.05) is 18.8 Å². The van der Waals surface area contributed by atoms with Crippen LogP contribution in [-0.2, 0) is 10.0 Å². The summed E-state index contributed by atoms with van der Waals surface area (Å²) in [6.45, 7) is 12.1. The van der Waals surface area contributed by atoms with E-state index in [1.54, 1.807) is 0 Å². The molecule has 0 aliphatic heterocycles. The van der Waals surface area contributed by atoms with Crippen molar-refractivity contribution < 1.29 is 8.42 Å². The van der Waals surface area contributed by atoms with E-state index in [0.29, 0.717) is 19.0 Å². The van der Waals surface area contributed by atoms with Crippen molar-refractivity contribution >= 4 is 10.0 Å². The number of hydrogen-bond donors (Lipinski definition) is 2. The number of hydrogen-bond acceptors (Lipinski definition) is 3. The minimum atomic E-state index is -3.12. The lowest BCUT2D eigenvalue weighted by atomic mass is 9.87. The first-order valence-corrected chi connectivity index (χ1v) is 10.0. The van der Waals surface area contributed by atoms with Gasteiger partial charge in [-0.2, -0.15) is 0 Å². The summed E-state index contributed by atoms with van der Waals surface area (Å²) in [5.41, 5.74) is 0.0431. The zero-order valence-corrected chi connectivity index (χ0v) is 15.5. The van der Waals surface area contributed by atoms with E-state index in [-0.39, 0.29) is 11.2 Å². The Bertz CT molecular complexity index is 351. The van der Waals surface area contributed by atoms with Crippen molar-refractivity contribution in [3.05, 3.63) is 0 Å². The lowest BCUT2D eigenvalue weighted by molar-refractivity contribution is 0.320. The average molecular weight is 321 g/mol. The highest BCUT2D eigenvalue weighted by molar-refractivity contribution is 7.89. The van der Waals surface area contributed by atoms with Gasteiger partial charge in [0.1, 0.15) is 0 Å². The van der Waals surface area contributed by atoms with E-state index in [0.717, 1.165) is 19.4 Å². The van der Waals surface area contributed by atoms with Gasteiger partial charge in [0, 0.05) is 12.6 Å². The molecule has 0 aromatic rings. The smallest absolute Gasteiger partial charge is 0.211 e. The minimum Gasteiger partial charge on any atom is -0.315 e. The molecule has 5 heteroatoms. The molecule has 0 aromatic heterocycles. The van der Waals surface area contributed by atoms with Crippen molar-refractivity contribution in [3.8, 4) is 0 Å². The first-order chi connectivity index (χ1) is 9.68. The molecular formula is C16H36N2O2S. The number of unbranched alkanes of at least 4 members (excludes halogenated alkanes) is 3. The third-order valence-corrected chi connectivity index (χ3v) is 5.03. The summed E-state index contributed by atoms with van der Waals surface area (Å²) in [6.07, 6.45) is 6.28. The second-order valence-electron chi connectivity index (χ2n) is 7.08. The largest absolute Gasteiger partial charge is 0.315 e. The van der Waals surface area contributed by atoms with Gasteiger partial charge in [0.2, 0.25) is 10.0 Å². The maximum Gasteiger partial charge on any atom is 0.211 e. The highest BCUT2D eigenvalue weighted by Gasteiger charge is 2.20. The van der Waals surface area contributed by atoms with Crippen LogP contribution in [0.4, 0.5) is 0 Å². The topological polar surface area (TPSA) is 58.2 Å². The SMILES string of the molecule is CCCCCC(C)(C)CNS(=O)(=O)CCCCNC(C)C. The molecule has 0 spiro atoms. The van der Waals surface area contributed by atoms with Gasteiger partial charge in [0.15, 0.2) is 0 Å². The fraction of sp³-hybridized carbons (Fsp3) is 1.00. The molecule has 0 aromatic carbocycles. The first-order valence-electron chi connectivity index (χ1n) is 8.39. The van der Waals surface area contributed by atoms with Crippen LogP contribution in [0.2, 0.25) is 0 Å². The zero-order valence-electron chi connectivity index (χ0n) is 14.7. The third kappa shape index (κ3) is 13.3. The Morgan fingerprint density at radius 1 is 1.05 bits per heavy atom. The molecule has 0 fully saturated rings. The Balaban J connectivity index is 3.90. The molecule has 0 aliphatic carbocycles. The van der Waals surface area contributed by atoms with Crippen LogP contribution in [0.5, 0.6) is 0 Å². The van der Waals surface area contributed by atoms with Crippen LogP contribution in [0.25, 0.3) is 0 Å². The van der Waals surface area contributed by atoms with E-state index in [1.807, 2.05) is 0 Å². The highest BCUT2D eigenvalue weighted by atomic mass is 32.2. The molecular weight excluding hydrogens is 284 g/mol. The lowest BCUT2D eigenvalue weighted by Crippen LogP contribution is -2.35. The zero-order chi connectivity index (χ0) is 16.4. The molecule has 0 atom stereocenters. The van der Waals surface area contributed by atoms with E-state index in [4.69, 9.17) is 0 Å². The second-order valence-corrected chi connectivity index (χ2v) is 9.00. The number of rotatable bonds is 13. The van der Waals surface area contributed by atoms with E-state index >= 15 is 0 Å². The van der Waals surface area contributed by atoms with E-state index in [9.17, 15) is 8.42 Å². The normalized spacial score (nSPS) is 13.0. The molecule has 4 nitrogen and oxygen atoms in total. The quantitative estimate of drug-likeness (QED) is 0.512. The van der Waals surface area contributed by atoms with Crippen LogP contribution in [-0.4, -0.2) is 33.3 Å². The third-order valence-electron chi connectivity index (χ3n) is 3.62. The molecule has 2 N–H and O–H groups in total. The van der Waals surface area contributed by atoms with Gasteiger partial charge in [0.05, 0.1) is 5.75 Å².